The lowest BCUT2D eigenvalue weighted by atomic mass is 10.1. The molecule has 0 saturated carbocycles. The summed E-state index contributed by atoms with van der Waals surface area (Å²) in [5.41, 5.74) is 0. The molecular formula is C19H33N5O2. The molecule has 2 rings (SSSR count). The Balaban J connectivity index is 1.85. The van der Waals surface area contributed by atoms with E-state index in [2.05, 4.69) is 27.4 Å². The molecule has 0 spiro atoms. The van der Waals surface area contributed by atoms with Crippen LogP contribution in [0.4, 0.5) is 0 Å². The molecule has 0 unspecified atom stereocenters. The Morgan fingerprint density at radius 1 is 1.38 bits per heavy atom. The third-order valence-electron chi connectivity index (χ3n) is 4.58. The lowest BCUT2D eigenvalue weighted by molar-refractivity contribution is -0.127. The van der Waals surface area contributed by atoms with Crippen molar-refractivity contribution in [2.24, 2.45) is 4.99 Å². The molecule has 2 heterocycles. The number of guanidine groups is 1. The molecule has 0 bridgehead atoms. The highest BCUT2D eigenvalue weighted by Crippen LogP contribution is 2.10. The molecule has 1 aliphatic rings. The van der Waals surface area contributed by atoms with E-state index in [1.807, 2.05) is 12.1 Å². The molecule has 0 atom stereocenters. The van der Waals surface area contributed by atoms with E-state index in [-0.39, 0.29) is 12.5 Å². The van der Waals surface area contributed by atoms with Crippen LogP contribution in [0.5, 0.6) is 0 Å². The van der Waals surface area contributed by atoms with Crippen LogP contribution in [0.3, 0.4) is 0 Å². The van der Waals surface area contributed by atoms with E-state index in [4.69, 9.17) is 4.42 Å². The first-order valence-corrected chi connectivity index (χ1v) is 9.58. The van der Waals surface area contributed by atoms with Gasteiger partial charge in [0.2, 0.25) is 5.91 Å². The predicted molar refractivity (Wildman–Crippen MR) is 104 cm³/mol. The van der Waals surface area contributed by atoms with Crippen molar-refractivity contribution in [1.82, 2.24) is 20.4 Å². The van der Waals surface area contributed by atoms with Gasteiger partial charge < -0.3 is 24.9 Å². The smallest absolute Gasteiger partial charge is 0.243 e. The zero-order valence-corrected chi connectivity index (χ0v) is 16.3. The molecule has 7 heteroatoms. The number of likely N-dealkylation sites (N-methyl/N-ethyl adjacent to an activating group) is 1. The van der Waals surface area contributed by atoms with Crippen molar-refractivity contribution < 1.29 is 9.21 Å². The number of carbonyl (C=O) groups is 1. The predicted octanol–water partition coefficient (Wildman–Crippen LogP) is 1.32. The molecule has 26 heavy (non-hydrogen) atoms. The van der Waals surface area contributed by atoms with Gasteiger partial charge in [-0.1, -0.05) is 6.92 Å². The van der Waals surface area contributed by atoms with Gasteiger partial charge >= 0.3 is 0 Å². The van der Waals surface area contributed by atoms with Gasteiger partial charge in [0.15, 0.2) is 5.96 Å². The lowest BCUT2D eigenvalue weighted by Gasteiger charge is -2.32. The number of nitrogens with zero attached hydrogens (tertiary/aromatic N) is 3. The van der Waals surface area contributed by atoms with Crippen LogP contribution in [0.1, 0.15) is 31.9 Å². The van der Waals surface area contributed by atoms with E-state index in [9.17, 15) is 4.79 Å². The van der Waals surface area contributed by atoms with Gasteiger partial charge in [0.25, 0.3) is 0 Å². The third-order valence-corrected chi connectivity index (χ3v) is 4.58. The van der Waals surface area contributed by atoms with Crippen molar-refractivity contribution in [3.05, 3.63) is 24.2 Å². The highest BCUT2D eigenvalue weighted by atomic mass is 16.3. The fraction of sp³-hybridized carbons (Fsp3) is 0.684. The normalized spacial score (nSPS) is 16.5. The van der Waals surface area contributed by atoms with Crippen LogP contribution in [-0.4, -0.2) is 74.5 Å². The molecule has 0 aliphatic carbocycles. The number of hydrogen-bond acceptors (Lipinski definition) is 4. The number of nitrogens with one attached hydrogen (secondary N) is 2. The minimum absolute atomic E-state index is 0.00472. The molecule has 1 aromatic rings. The van der Waals surface area contributed by atoms with Gasteiger partial charge in [0, 0.05) is 46.2 Å². The molecule has 0 radical (unpaired) electrons. The van der Waals surface area contributed by atoms with Crippen LogP contribution in [0.15, 0.2) is 27.8 Å². The van der Waals surface area contributed by atoms with E-state index in [1.165, 1.54) is 13.0 Å². The van der Waals surface area contributed by atoms with E-state index < -0.39 is 0 Å². The maximum absolute atomic E-state index is 11.9. The van der Waals surface area contributed by atoms with Gasteiger partial charge in [-0.15, -0.1) is 0 Å². The van der Waals surface area contributed by atoms with Gasteiger partial charge in [-0.25, -0.2) is 4.99 Å². The molecule has 1 amide bonds. The first kappa shape index (κ1) is 20.3. The second kappa shape index (κ2) is 10.9. The Kier molecular flexibility index (Phi) is 8.47. The maximum Gasteiger partial charge on any atom is 0.243 e. The third kappa shape index (κ3) is 7.07. The standard InChI is InChI=1S/C19H33N5O2/c1-4-11-24-12-8-16(9-13-24)22-19(21-15-18(25)23(2)3)20-10-7-17-6-5-14-26-17/h5-6,14,16H,4,7-13,15H2,1-3H3,(H2,20,21,22). The minimum Gasteiger partial charge on any atom is -0.469 e. The summed E-state index contributed by atoms with van der Waals surface area (Å²) in [5.74, 6) is 1.64. The lowest BCUT2D eigenvalue weighted by Crippen LogP contribution is -2.49. The van der Waals surface area contributed by atoms with Crippen LogP contribution in [0.25, 0.3) is 0 Å². The fourth-order valence-corrected chi connectivity index (χ4v) is 3.01. The number of rotatable bonds is 8. The average Bonchev–Trinajstić information content (AvgIpc) is 3.14. The number of furan rings is 1. The summed E-state index contributed by atoms with van der Waals surface area (Å²) in [4.78, 5) is 20.4. The highest BCUT2D eigenvalue weighted by Gasteiger charge is 2.19. The van der Waals surface area contributed by atoms with Crippen molar-refractivity contribution in [2.45, 2.75) is 38.6 Å². The van der Waals surface area contributed by atoms with Crippen LogP contribution in [-0.2, 0) is 11.2 Å². The zero-order chi connectivity index (χ0) is 18.8. The van der Waals surface area contributed by atoms with Crippen LogP contribution < -0.4 is 10.6 Å². The second-order valence-electron chi connectivity index (χ2n) is 6.97. The number of carbonyl (C=O) groups excluding carboxylic acids is 1. The molecule has 7 nitrogen and oxygen atoms in total. The minimum atomic E-state index is -0.00472. The molecule has 1 aromatic heterocycles. The molecular weight excluding hydrogens is 330 g/mol. The Hall–Kier alpha value is -2.02. The largest absolute Gasteiger partial charge is 0.469 e. The van der Waals surface area contributed by atoms with Crippen molar-refractivity contribution >= 4 is 11.9 Å². The van der Waals surface area contributed by atoms with Crippen molar-refractivity contribution in [2.75, 3.05) is 46.8 Å². The number of aliphatic imine (C=N–C) groups is 1. The van der Waals surface area contributed by atoms with E-state index >= 15 is 0 Å². The van der Waals surface area contributed by atoms with E-state index in [0.29, 0.717) is 18.5 Å². The number of likely N-dealkylation sites (tertiary alicyclic amines) is 1. The number of amides is 1. The van der Waals surface area contributed by atoms with Gasteiger partial charge in [-0.3, -0.25) is 4.79 Å². The summed E-state index contributed by atoms with van der Waals surface area (Å²) in [6.45, 7) is 6.48. The highest BCUT2D eigenvalue weighted by molar-refractivity contribution is 5.84. The number of piperidine rings is 1. The first-order valence-electron chi connectivity index (χ1n) is 9.58. The summed E-state index contributed by atoms with van der Waals surface area (Å²) < 4.78 is 5.36. The van der Waals surface area contributed by atoms with Crippen molar-refractivity contribution in [1.29, 1.82) is 0 Å². The molecule has 2 N–H and O–H groups in total. The molecule has 146 valence electrons. The SMILES string of the molecule is CCCN1CCC(NC(=NCC(=O)N(C)C)NCCc2ccco2)CC1. The fourth-order valence-electron chi connectivity index (χ4n) is 3.01. The van der Waals surface area contributed by atoms with Gasteiger partial charge in [-0.05, 0) is 37.9 Å². The molecule has 1 saturated heterocycles. The second-order valence-corrected chi connectivity index (χ2v) is 6.97. The molecule has 0 aromatic carbocycles. The maximum atomic E-state index is 11.9. The zero-order valence-electron chi connectivity index (χ0n) is 16.3. The van der Waals surface area contributed by atoms with E-state index in [1.54, 1.807) is 25.3 Å². The Morgan fingerprint density at radius 2 is 2.15 bits per heavy atom. The van der Waals surface area contributed by atoms with Crippen LogP contribution in [0.2, 0.25) is 0 Å². The Bertz CT molecular complexity index is 548. The summed E-state index contributed by atoms with van der Waals surface area (Å²) in [7, 11) is 3.50. The van der Waals surface area contributed by atoms with Gasteiger partial charge in [0.05, 0.1) is 6.26 Å². The monoisotopic (exact) mass is 363 g/mol. The van der Waals surface area contributed by atoms with E-state index in [0.717, 1.165) is 38.1 Å². The molecule has 1 aliphatic heterocycles. The number of hydrogen-bond donors (Lipinski definition) is 2. The van der Waals surface area contributed by atoms with Crippen LogP contribution >= 0.6 is 0 Å². The summed E-state index contributed by atoms with van der Waals surface area (Å²) >= 11 is 0. The van der Waals surface area contributed by atoms with Gasteiger partial charge in [-0.2, -0.15) is 0 Å². The summed E-state index contributed by atoms with van der Waals surface area (Å²) in [5, 5.41) is 6.83. The summed E-state index contributed by atoms with van der Waals surface area (Å²) in [6, 6.07) is 4.25. The average molecular weight is 364 g/mol. The topological polar surface area (TPSA) is 73.1 Å². The Morgan fingerprint density at radius 3 is 2.77 bits per heavy atom. The summed E-state index contributed by atoms with van der Waals surface area (Å²) in [6.07, 6.45) is 5.86. The quantitative estimate of drug-likeness (QED) is 0.538. The Labute approximate surface area is 156 Å². The van der Waals surface area contributed by atoms with Gasteiger partial charge in [0.1, 0.15) is 12.3 Å². The molecule has 1 fully saturated rings. The van der Waals surface area contributed by atoms with Crippen molar-refractivity contribution in [3.8, 4) is 0 Å². The van der Waals surface area contributed by atoms with Crippen LogP contribution in [0, 0.1) is 0 Å². The van der Waals surface area contributed by atoms with Crippen molar-refractivity contribution in [3.63, 3.8) is 0 Å². The first-order chi connectivity index (χ1) is 12.6.